The third kappa shape index (κ3) is 6.80. The Bertz CT molecular complexity index is 999. The van der Waals surface area contributed by atoms with Crippen molar-refractivity contribution < 1.29 is 28.8 Å². The number of methoxy groups -OCH3 is 2. The molecule has 3 N–H and O–H groups in total. The molecule has 1 aliphatic heterocycles. The van der Waals surface area contributed by atoms with Crippen LogP contribution < -0.4 is 15.6 Å². The quantitative estimate of drug-likeness (QED) is 0.200. The molecule has 1 heterocycles. The number of benzene rings is 2. The fraction of sp³-hybridized carbons (Fsp3) is 0.440. The number of carbonyl (C=O) groups excluding carboxylic acids is 1. The molecule has 0 unspecified atom stereocenters. The summed E-state index contributed by atoms with van der Waals surface area (Å²) in [7, 11) is 3.05. The molecule has 35 heavy (non-hydrogen) atoms. The minimum Gasteiger partial charge on any atom is -0.494 e. The molecule has 0 saturated heterocycles. The maximum atomic E-state index is 13.5. The number of nitrogens with zero attached hydrogens (tertiary/aromatic N) is 1. The summed E-state index contributed by atoms with van der Waals surface area (Å²) in [5.41, 5.74) is 6.09. The number of amides is 1. The highest BCUT2D eigenvalue weighted by atomic mass is 79.9. The number of rotatable bonds is 13. The molecule has 10 heteroatoms. The molecule has 190 valence electrons. The molecule has 2 atom stereocenters. The van der Waals surface area contributed by atoms with Crippen molar-refractivity contribution in [3.63, 3.8) is 0 Å². The second kappa shape index (κ2) is 13.0. The number of hydrogen-bond donors (Lipinski definition) is 3. The first kappa shape index (κ1) is 27.1. The van der Waals surface area contributed by atoms with Crippen molar-refractivity contribution in [2.75, 3.05) is 34.0 Å². The monoisotopic (exact) mass is 549 g/mol. The SMILES string of the molecule is COC(CNNC(=O)[C@@]1(Cc2ccccc2Br)N=C(c2ccc(OCCCO)cc2)O[C@H]1C)OC. The zero-order chi connectivity index (χ0) is 25.3. The van der Waals surface area contributed by atoms with E-state index in [1.165, 1.54) is 14.2 Å². The van der Waals surface area contributed by atoms with Crippen LogP contribution in [0.2, 0.25) is 0 Å². The molecule has 0 aliphatic carbocycles. The minimum absolute atomic E-state index is 0.0781. The predicted molar refractivity (Wildman–Crippen MR) is 135 cm³/mol. The zero-order valence-corrected chi connectivity index (χ0v) is 21.7. The molecule has 3 rings (SSSR count). The average molecular weight is 550 g/mol. The van der Waals surface area contributed by atoms with Crippen molar-refractivity contribution in [3.8, 4) is 5.75 Å². The lowest BCUT2D eigenvalue weighted by Crippen LogP contribution is -2.57. The van der Waals surface area contributed by atoms with Crippen LogP contribution in [0.5, 0.6) is 5.75 Å². The van der Waals surface area contributed by atoms with Gasteiger partial charge >= 0.3 is 0 Å². The Morgan fingerprint density at radius 3 is 2.57 bits per heavy atom. The summed E-state index contributed by atoms with van der Waals surface area (Å²) in [6.07, 6.45) is -0.158. The molecule has 0 aromatic heterocycles. The molecule has 0 bridgehead atoms. The number of halogens is 1. The van der Waals surface area contributed by atoms with E-state index in [9.17, 15) is 4.79 Å². The molecule has 1 amide bonds. The first-order valence-electron chi connectivity index (χ1n) is 11.4. The molecule has 0 fully saturated rings. The van der Waals surface area contributed by atoms with Gasteiger partial charge in [0.2, 0.25) is 5.90 Å². The van der Waals surface area contributed by atoms with Gasteiger partial charge in [-0.2, -0.15) is 0 Å². The topological polar surface area (TPSA) is 111 Å². The fourth-order valence-electron chi connectivity index (χ4n) is 3.66. The molecule has 9 nitrogen and oxygen atoms in total. The number of carbonyl (C=O) groups is 1. The summed E-state index contributed by atoms with van der Waals surface area (Å²) in [4.78, 5) is 18.4. The number of aliphatic hydroxyl groups is 1. The molecule has 0 radical (unpaired) electrons. The number of hydrogen-bond acceptors (Lipinski definition) is 8. The summed E-state index contributed by atoms with van der Waals surface area (Å²) < 4.78 is 22.9. The van der Waals surface area contributed by atoms with Crippen LogP contribution in [0.15, 0.2) is 58.0 Å². The Hall–Kier alpha value is -2.50. The van der Waals surface area contributed by atoms with Gasteiger partial charge in [-0.25, -0.2) is 10.4 Å². The summed E-state index contributed by atoms with van der Waals surface area (Å²) >= 11 is 3.58. The maximum absolute atomic E-state index is 13.5. The van der Waals surface area contributed by atoms with Crippen molar-refractivity contribution in [1.82, 2.24) is 10.9 Å². The third-order valence-corrected chi connectivity index (χ3v) is 6.52. The molecule has 2 aromatic rings. The van der Waals surface area contributed by atoms with E-state index in [2.05, 4.69) is 26.8 Å². The summed E-state index contributed by atoms with van der Waals surface area (Å²) in [6, 6.07) is 15.0. The van der Waals surface area contributed by atoms with Crippen LogP contribution >= 0.6 is 15.9 Å². The van der Waals surface area contributed by atoms with E-state index in [4.69, 9.17) is 29.0 Å². The number of hydrazine groups is 1. The van der Waals surface area contributed by atoms with Gasteiger partial charge in [0.25, 0.3) is 5.91 Å². The third-order valence-electron chi connectivity index (χ3n) is 5.74. The van der Waals surface area contributed by atoms with Gasteiger partial charge in [-0.05, 0) is 42.8 Å². The Kier molecular flexibility index (Phi) is 10.1. The van der Waals surface area contributed by atoms with E-state index >= 15 is 0 Å². The van der Waals surface area contributed by atoms with Crippen LogP contribution in [0.25, 0.3) is 0 Å². The number of aliphatic hydroxyl groups excluding tert-OH is 1. The van der Waals surface area contributed by atoms with Crippen molar-refractivity contribution in [1.29, 1.82) is 0 Å². The molecule has 0 spiro atoms. The van der Waals surface area contributed by atoms with E-state index in [1.54, 1.807) is 0 Å². The highest BCUT2D eigenvalue weighted by Crippen LogP contribution is 2.34. The fourth-order valence-corrected chi connectivity index (χ4v) is 4.09. The van der Waals surface area contributed by atoms with E-state index in [-0.39, 0.29) is 19.1 Å². The van der Waals surface area contributed by atoms with Crippen LogP contribution in [0.1, 0.15) is 24.5 Å². The standard InChI is InChI=1S/C25H32BrN3O6/c1-17-25(15-19-7-4-5-8-21(19)26,24(31)29-27-16-22(32-2)33-3)28-23(35-17)18-9-11-20(12-10-18)34-14-6-13-30/h4-5,7-12,17,22,27,30H,6,13-16H2,1-3H3,(H,29,31)/t17-,25-/m0/s1. The van der Waals surface area contributed by atoms with E-state index in [0.29, 0.717) is 31.1 Å². The van der Waals surface area contributed by atoms with E-state index < -0.39 is 17.9 Å². The summed E-state index contributed by atoms with van der Waals surface area (Å²) in [5, 5.41) is 8.92. The minimum atomic E-state index is -1.21. The lowest BCUT2D eigenvalue weighted by atomic mass is 9.86. The van der Waals surface area contributed by atoms with Crippen LogP contribution in [-0.2, 0) is 25.4 Å². The molecule has 1 aliphatic rings. The molecule has 0 saturated carbocycles. The Balaban J connectivity index is 1.85. The summed E-state index contributed by atoms with van der Waals surface area (Å²) in [5.74, 6) is 0.736. The van der Waals surface area contributed by atoms with Crippen molar-refractivity contribution in [2.24, 2.45) is 4.99 Å². The zero-order valence-electron chi connectivity index (χ0n) is 20.1. The number of nitrogens with one attached hydrogen (secondary N) is 2. The maximum Gasteiger partial charge on any atom is 0.266 e. The van der Waals surface area contributed by atoms with Gasteiger partial charge in [-0.3, -0.25) is 10.2 Å². The van der Waals surface area contributed by atoms with Gasteiger partial charge in [-0.15, -0.1) is 0 Å². The van der Waals surface area contributed by atoms with Gasteiger partial charge in [0.05, 0.1) is 13.2 Å². The average Bonchev–Trinajstić information content (AvgIpc) is 3.20. The second-order valence-corrected chi connectivity index (χ2v) is 8.91. The Labute approximate surface area is 213 Å². The van der Waals surface area contributed by atoms with Gasteiger partial charge in [0.1, 0.15) is 11.9 Å². The van der Waals surface area contributed by atoms with Crippen molar-refractivity contribution >= 4 is 27.7 Å². The molecular weight excluding hydrogens is 518 g/mol. The van der Waals surface area contributed by atoms with Gasteiger partial charge in [-0.1, -0.05) is 34.1 Å². The largest absolute Gasteiger partial charge is 0.494 e. The second-order valence-electron chi connectivity index (χ2n) is 8.06. The number of aliphatic imine (C=N–C) groups is 1. The number of ether oxygens (including phenoxy) is 4. The Morgan fingerprint density at radius 1 is 1.20 bits per heavy atom. The molecule has 2 aromatic carbocycles. The van der Waals surface area contributed by atoms with Crippen LogP contribution in [-0.4, -0.2) is 68.8 Å². The Morgan fingerprint density at radius 2 is 1.91 bits per heavy atom. The first-order chi connectivity index (χ1) is 16.9. The predicted octanol–water partition coefficient (Wildman–Crippen LogP) is 2.60. The van der Waals surface area contributed by atoms with Crippen molar-refractivity contribution in [3.05, 3.63) is 64.1 Å². The normalized spacial score (nSPS) is 19.4. The van der Waals surface area contributed by atoms with E-state index in [1.807, 2.05) is 55.5 Å². The van der Waals surface area contributed by atoms with Gasteiger partial charge in [0.15, 0.2) is 11.8 Å². The lowest BCUT2D eigenvalue weighted by molar-refractivity contribution is -0.131. The van der Waals surface area contributed by atoms with Gasteiger partial charge < -0.3 is 24.1 Å². The smallest absolute Gasteiger partial charge is 0.266 e. The van der Waals surface area contributed by atoms with Crippen molar-refractivity contribution in [2.45, 2.75) is 37.7 Å². The lowest BCUT2D eigenvalue weighted by Gasteiger charge is -2.29. The van der Waals surface area contributed by atoms with Crippen LogP contribution in [0.3, 0.4) is 0 Å². The van der Waals surface area contributed by atoms with Gasteiger partial charge in [0, 0.05) is 43.7 Å². The first-order valence-corrected chi connectivity index (χ1v) is 12.2. The highest BCUT2D eigenvalue weighted by Gasteiger charge is 2.50. The highest BCUT2D eigenvalue weighted by molar-refractivity contribution is 9.10. The van der Waals surface area contributed by atoms with E-state index in [0.717, 1.165) is 15.6 Å². The van der Waals surface area contributed by atoms with Crippen LogP contribution in [0.4, 0.5) is 0 Å². The molecular formula is C25H32BrN3O6. The summed E-state index contributed by atoms with van der Waals surface area (Å²) in [6.45, 7) is 2.61. The van der Waals surface area contributed by atoms with Crippen LogP contribution in [0, 0.1) is 0 Å².